The summed E-state index contributed by atoms with van der Waals surface area (Å²) in [4.78, 5) is 12.0. The number of ether oxygens (including phenoxy) is 2. The van der Waals surface area contributed by atoms with Crippen LogP contribution in [0.5, 0.6) is 5.75 Å². The molecule has 7 heteroatoms. The number of nitrogens with zero attached hydrogens (tertiary/aromatic N) is 1. The number of aromatic nitrogens is 1. The highest BCUT2D eigenvalue weighted by Crippen LogP contribution is 2.23. The van der Waals surface area contributed by atoms with Crippen molar-refractivity contribution in [2.24, 2.45) is 0 Å². The van der Waals surface area contributed by atoms with E-state index in [1.807, 2.05) is 30.3 Å². The quantitative estimate of drug-likeness (QED) is 0.854. The zero-order valence-electron chi connectivity index (χ0n) is 12.9. The monoisotopic (exact) mass is 317 g/mol. The molecular formula is C16H19N3O4. The Bertz CT molecular complexity index is 648. The molecule has 1 unspecified atom stereocenters. The van der Waals surface area contributed by atoms with Crippen molar-refractivity contribution in [1.82, 2.24) is 15.8 Å². The molecule has 1 saturated heterocycles. The van der Waals surface area contributed by atoms with Crippen LogP contribution in [0.2, 0.25) is 0 Å². The van der Waals surface area contributed by atoms with E-state index in [9.17, 15) is 4.79 Å². The second-order valence-electron chi connectivity index (χ2n) is 5.19. The lowest BCUT2D eigenvalue weighted by Crippen LogP contribution is -2.47. The number of methoxy groups -OCH3 is 1. The third-order valence-electron chi connectivity index (χ3n) is 3.60. The molecule has 0 radical (unpaired) electrons. The van der Waals surface area contributed by atoms with Crippen molar-refractivity contribution in [3.05, 3.63) is 36.0 Å². The fourth-order valence-corrected chi connectivity index (χ4v) is 2.31. The summed E-state index contributed by atoms with van der Waals surface area (Å²) in [5.41, 5.74) is 1.56. The van der Waals surface area contributed by atoms with E-state index < -0.39 is 6.10 Å². The normalized spacial score (nSPS) is 17.7. The highest BCUT2D eigenvalue weighted by Gasteiger charge is 2.21. The minimum Gasteiger partial charge on any atom is -0.497 e. The van der Waals surface area contributed by atoms with E-state index in [-0.39, 0.29) is 5.91 Å². The van der Waals surface area contributed by atoms with Gasteiger partial charge in [0.25, 0.3) is 5.91 Å². The largest absolute Gasteiger partial charge is 0.497 e. The number of hydrogen-bond donors (Lipinski definition) is 2. The summed E-state index contributed by atoms with van der Waals surface area (Å²) in [6.07, 6.45) is -0.447. The summed E-state index contributed by atoms with van der Waals surface area (Å²) in [5, 5.41) is 9.90. The van der Waals surface area contributed by atoms with Gasteiger partial charge in [0.2, 0.25) is 0 Å². The molecule has 1 atom stereocenters. The van der Waals surface area contributed by atoms with Gasteiger partial charge in [0.15, 0.2) is 5.76 Å². The van der Waals surface area contributed by atoms with Crippen LogP contribution in [-0.4, -0.2) is 44.0 Å². The lowest BCUT2D eigenvalue weighted by Gasteiger charge is -2.22. The number of morpholine rings is 1. The molecule has 0 bridgehead atoms. The molecule has 1 amide bonds. The average molecular weight is 317 g/mol. The molecular weight excluding hydrogens is 298 g/mol. The molecule has 0 saturated carbocycles. The number of carbonyl (C=O) groups is 1. The predicted molar refractivity (Wildman–Crippen MR) is 82.9 cm³/mol. The highest BCUT2D eigenvalue weighted by atomic mass is 16.5. The van der Waals surface area contributed by atoms with Crippen molar-refractivity contribution in [3.63, 3.8) is 0 Å². The molecule has 1 aromatic heterocycles. The average Bonchev–Trinajstić information content (AvgIpc) is 3.09. The summed E-state index contributed by atoms with van der Waals surface area (Å²) < 4.78 is 15.8. The summed E-state index contributed by atoms with van der Waals surface area (Å²) in [5.74, 6) is 1.28. The SMILES string of the molecule is COc1ccc(-c2cc(CNC(=O)C3CNCCO3)no2)cc1. The first-order chi connectivity index (χ1) is 11.3. The highest BCUT2D eigenvalue weighted by molar-refractivity contribution is 5.81. The van der Waals surface area contributed by atoms with E-state index in [2.05, 4.69) is 15.8 Å². The van der Waals surface area contributed by atoms with Gasteiger partial charge in [-0.25, -0.2) is 0 Å². The molecule has 1 fully saturated rings. The number of rotatable bonds is 5. The van der Waals surface area contributed by atoms with Crippen LogP contribution in [-0.2, 0) is 16.1 Å². The van der Waals surface area contributed by atoms with Crippen LogP contribution in [0.25, 0.3) is 11.3 Å². The van der Waals surface area contributed by atoms with Crippen LogP contribution in [0.1, 0.15) is 5.69 Å². The summed E-state index contributed by atoms with van der Waals surface area (Å²) in [6.45, 7) is 2.15. The first kappa shape index (κ1) is 15.5. The summed E-state index contributed by atoms with van der Waals surface area (Å²) >= 11 is 0. The van der Waals surface area contributed by atoms with Gasteiger partial charge in [-0.15, -0.1) is 0 Å². The Morgan fingerprint density at radius 2 is 2.26 bits per heavy atom. The molecule has 2 heterocycles. The van der Waals surface area contributed by atoms with Crippen molar-refractivity contribution >= 4 is 5.91 Å². The molecule has 1 aliphatic rings. The van der Waals surface area contributed by atoms with E-state index in [0.717, 1.165) is 17.9 Å². The van der Waals surface area contributed by atoms with E-state index in [0.29, 0.717) is 31.2 Å². The van der Waals surface area contributed by atoms with Crippen molar-refractivity contribution < 1.29 is 18.8 Å². The molecule has 3 rings (SSSR count). The van der Waals surface area contributed by atoms with Gasteiger partial charge >= 0.3 is 0 Å². The molecule has 7 nitrogen and oxygen atoms in total. The van der Waals surface area contributed by atoms with Crippen LogP contribution >= 0.6 is 0 Å². The first-order valence-corrected chi connectivity index (χ1v) is 7.46. The smallest absolute Gasteiger partial charge is 0.250 e. The van der Waals surface area contributed by atoms with Gasteiger partial charge < -0.3 is 24.6 Å². The van der Waals surface area contributed by atoms with E-state index in [1.54, 1.807) is 7.11 Å². The summed E-state index contributed by atoms with van der Waals surface area (Å²) in [6, 6.07) is 9.30. The van der Waals surface area contributed by atoms with Crippen LogP contribution < -0.4 is 15.4 Å². The number of hydrogen-bond acceptors (Lipinski definition) is 6. The van der Waals surface area contributed by atoms with Gasteiger partial charge in [-0.3, -0.25) is 4.79 Å². The number of amides is 1. The maximum atomic E-state index is 12.0. The minimum atomic E-state index is -0.447. The van der Waals surface area contributed by atoms with Crippen molar-refractivity contribution in [1.29, 1.82) is 0 Å². The van der Waals surface area contributed by atoms with Gasteiger partial charge in [-0.05, 0) is 24.3 Å². The van der Waals surface area contributed by atoms with E-state index in [4.69, 9.17) is 14.0 Å². The molecule has 1 aliphatic heterocycles. The topological polar surface area (TPSA) is 85.6 Å². The Labute approximate surface area is 133 Å². The fraction of sp³-hybridized carbons (Fsp3) is 0.375. The molecule has 122 valence electrons. The zero-order valence-corrected chi connectivity index (χ0v) is 12.9. The maximum Gasteiger partial charge on any atom is 0.250 e. The lowest BCUT2D eigenvalue weighted by molar-refractivity contribution is -0.134. The first-order valence-electron chi connectivity index (χ1n) is 7.46. The number of benzene rings is 1. The van der Waals surface area contributed by atoms with Crippen LogP contribution in [0.3, 0.4) is 0 Å². The Kier molecular flexibility index (Phi) is 4.89. The Balaban J connectivity index is 1.57. The van der Waals surface area contributed by atoms with Gasteiger partial charge in [0, 0.05) is 24.7 Å². The zero-order chi connectivity index (χ0) is 16.1. The van der Waals surface area contributed by atoms with Crippen LogP contribution in [0.15, 0.2) is 34.9 Å². The van der Waals surface area contributed by atoms with E-state index >= 15 is 0 Å². The van der Waals surface area contributed by atoms with Crippen molar-refractivity contribution in [2.45, 2.75) is 12.6 Å². The maximum absolute atomic E-state index is 12.0. The molecule has 1 aromatic carbocycles. The Hall–Kier alpha value is -2.38. The number of nitrogens with one attached hydrogen (secondary N) is 2. The van der Waals surface area contributed by atoms with Gasteiger partial charge in [-0.1, -0.05) is 5.16 Å². The molecule has 0 aliphatic carbocycles. The summed E-state index contributed by atoms with van der Waals surface area (Å²) in [7, 11) is 1.62. The minimum absolute atomic E-state index is 0.147. The van der Waals surface area contributed by atoms with Gasteiger partial charge in [0.1, 0.15) is 17.5 Å². The van der Waals surface area contributed by atoms with E-state index in [1.165, 1.54) is 0 Å². The number of carbonyl (C=O) groups excluding carboxylic acids is 1. The van der Waals surface area contributed by atoms with Crippen LogP contribution in [0.4, 0.5) is 0 Å². The fourth-order valence-electron chi connectivity index (χ4n) is 2.31. The standard InChI is InChI=1S/C16H19N3O4/c1-21-13-4-2-11(3-5-13)14-8-12(19-23-14)9-18-16(20)15-10-17-6-7-22-15/h2-5,8,15,17H,6-7,9-10H2,1H3,(H,18,20). The molecule has 2 N–H and O–H groups in total. The Morgan fingerprint density at radius 3 is 2.96 bits per heavy atom. The molecule has 23 heavy (non-hydrogen) atoms. The van der Waals surface area contributed by atoms with Crippen molar-refractivity contribution in [3.8, 4) is 17.1 Å². The van der Waals surface area contributed by atoms with Crippen molar-refractivity contribution in [2.75, 3.05) is 26.8 Å². The predicted octanol–water partition coefficient (Wildman–Crippen LogP) is 0.955. The van der Waals surface area contributed by atoms with Crippen LogP contribution in [0, 0.1) is 0 Å². The van der Waals surface area contributed by atoms with Gasteiger partial charge in [-0.2, -0.15) is 0 Å². The molecule has 2 aromatic rings. The molecule has 0 spiro atoms. The second kappa shape index (κ2) is 7.26. The van der Waals surface area contributed by atoms with Gasteiger partial charge in [0.05, 0.1) is 20.3 Å². The Morgan fingerprint density at radius 1 is 1.43 bits per heavy atom. The third kappa shape index (κ3) is 3.88. The third-order valence-corrected chi connectivity index (χ3v) is 3.60. The second-order valence-corrected chi connectivity index (χ2v) is 5.19. The lowest BCUT2D eigenvalue weighted by atomic mass is 10.1.